The first-order chi connectivity index (χ1) is 14.5. The van der Waals surface area contributed by atoms with Crippen molar-refractivity contribution in [2.24, 2.45) is 0 Å². The van der Waals surface area contributed by atoms with E-state index in [-0.39, 0.29) is 18.1 Å². The molecule has 0 saturated heterocycles. The minimum atomic E-state index is -0.242. The van der Waals surface area contributed by atoms with Crippen molar-refractivity contribution in [2.75, 3.05) is 5.32 Å². The van der Waals surface area contributed by atoms with Crippen LogP contribution in [0.3, 0.4) is 0 Å². The quantitative estimate of drug-likeness (QED) is 0.485. The summed E-state index contributed by atoms with van der Waals surface area (Å²) in [4.78, 5) is 16.9. The first-order valence-electron chi connectivity index (χ1n) is 9.59. The first kappa shape index (κ1) is 20.0. The molecule has 1 N–H and O–H groups in total. The van der Waals surface area contributed by atoms with Crippen LogP contribution in [0.4, 0.5) is 10.1 Å². The Labute approximate surface area is 178 Å². The molecule has 0 bridgehead atoms. The number of hydrogen-bond acceptors (Lipinski definition) is 4. The Kier molecular flexibility index (Phi) is 5.72. The first-order valence-corrected chi connectivity index (χ1v) is 10.5. The lowest BCUT2D eigenvalue weighted by Crippen LogP contribution is -2.14. The zero-order valence-electron chi connectivity index (χ0n) is 16.7. The van der Waals surface area contributed by atoms with Crippen molar-refractivity contribution in [3.63, 3.8) is 0 Å². The van der Waals surface area contributed by atoms with Gasteiger partial charge in [0.2, 0.25) is 11.0 Å². The van der Waals surface area contributed by atoms with Gasteiger partial charge in [-0.2, -0.15) is 5.10 Å². The molecule has 0 spiro atoms. The predicted octanol–water partition coefficient (Wildman–Crippen LogP) is 4.86. The van der Waals surface area contributed by atoms with Gasteiger partial charge in [-0.3, -0.25) is 4.79 Å². The number of aryl methyl sites for hydroxylation is 1. The van der Waals surface area contributed by atoms with Crippen molar-refractivity contribution < 1.29 is 9.18 Å². The maximum absolute atomic E-state index is 13.5. The monoisotopic (exact) mass is 420 g/mol. The number of carbonyl (C=O) groups is 1. The highest BCUT2D eigenvalue weighted by Gasteiger charge is 2.16. The fraction of sp³-hybridized carbons (Fsp3) is 0.174. The van der Waals surface area contributed by atoms with Crippen molar-refractivity contribution in [3.8, 4) is 5.13 Å². The van der Waals surface area contributed by atoms with Crippen LogP contribution in [0.5, 0.6) is 0 Å². The average molecular weight is 421 g/mol. The van der Waals surface area contributed by atoms with Gasteiger partial charge in [0.15, 0.2) is 0 Å². The number of thiazole rings is 1. The number of amides is 1. The summed E-state index contributed by atoms with van der Waals surface area (Å²) in [6.45, 7) is 3.93. The van der Waals surface area contributed by atoms with Crippen molar-refractivity contribution >= 4 is 22.9 Å². The zero-order chi connectivity index (χ0) is 21.1. The Balaban J connectivity index is 1.50. The third kappa shape index (κ3) is 4.46. The molecule has 0 radical (unpaired) electrons. The molecule has 2 aromatic carbocycles. The van der Waals surface area contributed by atoms with E-state index in [0.717, 1.165) is 28.2 Å². The summed E-state index contributed by atoms with van der Waals surface area (Å²) in [5.41, 5.74) is 5.26. The van der Waals surface area contributed by atoms with Gasteiger partial charge < -0.3 is 5.32 Å². The normalized spacial score (nSPS) is 10.9. The molecule has 5 nitrogen and oxygen atoms in total. The SMILES string of the molecule is Cc1nn(-c2nc(CC(=O)Nc3ccccc3)cs2)c(C)c1Cc1cccc(F)c1. The number of para-hydroxylation sites is 1. The molecule has 7 heteroatoms. The van der Waals surface area contributed by atoms with E-state index in [1.807, 2.05) is 55.6 Å². The molecule has 0 aliphatic rings. The second-order valence-corrected chi connectivity index (χ2v) is 7.92. The molecule has 1 amide bonds. The molecule has 0 aliphatic heterocycles. The van der Waals surface area contributed by atoms with Gasteiger partial charge in [-0.1, -0.05) is 30.3 Å². The van der Waals surface area contributed by atoms with Gasteiger partial charge in [0.1, 0.15) is 5.82 Å². The minimum absolute atomic E-state index is 0.113. The zero-order valence-corrected chi connectivity index (χ0v) is 17.5. The fourth-order valence-corrected chi connectivity index (χ4v) is 4.16. The molecule has 4 rings (SSSR count). The molecular weight excluding hydrogens is 399 g/mol. The van der Waals surface area contributed by atoms with Crippen molar-refractivity contribution in [1.82, 2.24) is 14.8 Å². The molecule has 4 aromatic rings. The largest absolute Gasteiger partial charge is 0.326 e. The maximum atomic E-state index is 13.5. The Hall–Kier alpha value is -3.32. The minimum Gasteiger partial charge on any atom is -0.326 e. The summed E-state index contributed by atoms with van der Waals surface area (Å²) in [5.74, 6) is -0.355. The number of nitrogens with one attached hydrogen (secondary N) is 1. The smallest absolute Gasteiger partial charge is 0.230 e. The van der Waals surface area contributed by atoms with Gasteiger partial charge in [0, 0.05) is 28.7 Å². The molecule has 0 aliphatic carbocycles. The number of rotatable bonds is 6. The van der Waals surface area contributed by atoms with E-state index in [2.05, 4.69) is 15.4 Å². The van der Waals surface area contributed by atoms with E-state index >= 15 is 0 Å². The van der Waals surface area contributed by atoms with Gasteiger partial charge in [-0.15, -0.1) is 11.3 Å². The predicted molar refractivity (Wildman–Crippen MR) is 117 cm³/mol. The van der Waals surface area contributed by atoms with E-state index in [9.17, 15) is 9.18 Å². The van der Waals surface area contributed by atoms with E-state index in [1.54, 1.807) is 16.8 Å². The molecule has 2 aromatic heterocycles. The molecular formula is C23H21FN4OS. The summed E-state index contributed by atoms with van der Waals surface area (Å²) in [7, 11) is 0. The van der Waals surface area contributed by atoms with Gasteiger partial charge >= 0.3 is 0 Å². The van der Waals surface area contributed by atoms with E-state index in [0.29, 0.717) is 17.2 Å². The van der Waals surface area contributed by atoms with Crippen LogP contribution < -0.4 is 5.32 Å². The second-order valence-electron chi connectivity index (χ2n) is 7.08. The van der Waals surface area contributed by atoms with Crippen molar-refractivity contribution in [2.45, 2.75) is 26.7 Å². The highest BCUT2D eigenvalue weighted by atomic mass is 32.1. The summed E-state index contributed by atoms with van der Waals surface area (Å²) in [5, 5.41) is 10.1. The molecule has 2 heterocycles. The lowest BCUT2D eigenvalue weighted by molar-refractivity contribution is -0.115. The van der Waals surface area contributed by atoms with Gasteiger partial charge in [-0.05, 0) is 43.7 Å². The van der Waals surface area contributed by atoms with Crippen LogP contribution in [0.2, 0.25) is 0 Å². The topological polar surface area (TPSA) is 59.8 Å². The van der Waals surface area contributed by atoms with E-state index in [4.69, 9.17) is 0 Å². The Morgan fingerprint density at radius 2 is 1.93 bits per heavy atom. The van der Waals surface area contributed by atoms with Crippen LogP contribution in [0.15, 0.2) is 60.0 Å². The lowest BCUT2D eigenvalue weighted by atomic mass is 10.0. The molecule has 0 unspecified atom stereocenters. The van der Waals surface area contributed by atoms with Crippen molar-refractivity contribution in [1.29, 1.82) is 0 Å². The van der Waals surface area contributed by atoms with Gasteiger partial charge in [0.05, 0.1) is 17.8 Å². The lowest BCUT2D eigenvalue weighted by Gasteiger charge is -2.04. The molecule has 152 valence electrons. The van der Waals surface area contributed by atoms with E-state index in [1.165, 1.54) is 17.4 Å². The number of aromatic nitrogens is 3. The molecule has 0 fully saturated rings. The summed E-state index contributed by atoms with van der Waals surface area (Å²) in [6, 6.07) is 16.0. The van der Waals surface area contributed by atoms with Crippen LogP contribution in [-0.4, -0.2) is 20.7 Å². The number of halogens is 1. The Bertz CT molecular complexity index is 1180. The van der Waals surface area contributed by atoms with Crippen LogP contribution in [0.25, 0.3) is 5.13 Å². The summed E-state index contributed by atoms with van der Waals surface area (Å²) >= 11 is 1.45. The number of benzene rings is 2. The number of nitrogens with zero attached hydrogens (tertiary/aromatic N) is 3. The molecule has 30 heavy (non-hydrogen) atoms. The molecule has 0 saturated carbocycles. The number of carbonyl (C=O) groups excluding carboxylic acids is 1. The summed E-state index contributed by atoms with van der Waals surface area (Å²) in [6.07, 6.45) is 0.800. The van der Waals surface area contributed by atoms with Crippen LogP contribution in [0, 0.1) is 19.7 Å². The highest BCUT2D eigenvalue weighted by molar-refractivity contribution is 7.12. The van der Waals surface area contributed by atoms with Crippen LogP contribution in [0.1, 0.15) is 28.2 Å². The molecule has 0 atom stereocenters. The fourth-order valence-electron chi connectivity index (χ4n) is 3.33. The average Bonchev–Trinajstić information content (AvgIpc) is 3.28. The summed E-state index contributed by atoms with van der Waals surface area (Å²) < 4.78 is 15.3. The van der Waals surface area contributed by atoms with E-state index < -0.39 is 0 Å². The number of hydrogen-bond donors (Lipinski definition) is 1. The Morgan fingerprint density at radius 3 is 2.70 bits per heavy atom. The highest BCUT2D eigenvalue weighted by Crippen LogP contribution is 2.23. The van der Waals surface area contributed by atoms with Crippen LogP contribution >= 0.6 is 11.3 Å². The second kappa shape index (κ2) is 8.59. The Morgan fingerprint density at radius 1 is 1.13 bits per heavy atom. The van der Waals surface area contributed by atoms with Crippen molar-refractivity contribution in [3.05, 3.63) is 94.0 Å². The van der Waals surface area contributed by atoms with Gasteiger partial charge in [0.25, 0.3) is 0 Å². The van der Waals surface area contributed by atoms with Gasteiger partial charge in [-0.25, -0.2) is 14.1 Å². The standard InChI is InChI=1S/C23H21FN4OS/c1-15-21(12-17-7-6-8-18(24)11-17)16(2)28(27-15)23-26-20(14-30-23)13-22(29)25-19-9-4-3-5-10-19/h3-11,14H,12-13H2,1-2H3,(H,25,29). The van der Waals surface area contributed by atoms with Crippen LogP contribution in [-0.2, 0) is 17.6 Å². The number of anilines is 1. The maximum Gasteiger partial charge on any atom is 0.230 e. The third-order valence-electron chi connectivity index (χ3n) is 4.83. The third-order valence-corrected chi connectivity index (χ3v) is 5.70.